The summed E-state index contributed by atoms with van der Waals surface area (Å²) in [6, 6.07) is 5.40. The lowest BCUT2D eigenvalue weighted by atomic mass is 10.2. The maximum absolute atomic E-state index is 13.7. The van der Waals surface area contributed by atoms with Crippen molar-refractivity contribution in [1.82, 2.24) is 10.3 Å². The van der Waals surface area contributed by atoms with Crippen molar-refractivity contribution in [3.63, 3.8) is 0 Å². The number of para-hydroxylation sites is 1. The van der Waals surface area contributed by atoms with E-state index < -0.39 is 11.7 Å². The molecule has 0 saturated carbocycles. The van der Waals surface area contributed by atoms with Crippen molar-refractivity contribution < 1.29 is 13.9 Å². The summed E-state index contributed by atoms with van der Waals surface area (Å²) in [5, 5.41) is 2.90. The van der Waals surface area contributed by atoms with E-state index in [9.17, 15) is 14.0 Å². The fourth-order valence-electron chi connectivity index (χ4n) is 2.05. The Kier molecular flexibility index (Phi) is 5.27. The van der Waals surface area contributed by atoms with Gasteiger partial charge in [0.15, 0.2) is 5.43 Å². The smallest absolute Gasteiger partial charge is 0.267 e. The molecule has 0 aliphatic rings. The maximum atomic E-state index is 13.7. The molecule has 0 radical (unpaired) electrons. The third kappa shape index (κ3) is 3.92. The topological polar surface area (TPSA) is 71.2 Å². The SMILES string of the molecule is CC(C)OCCCNC(=O)c1cc(=O)c2cccc(F)c2[nH]1. The first kappa shape index (κ1) is 16.2. The van der Waals surface area contributed by atoms with Gasteiger partial charge >= 0.3 is 0 Å². The van der Waals surface area contributed by atoms with Gasteiger partial charge in [-0.2, -0.15) is 0 Å². The van der Waals surface area contributed by atoms with Crippen molar-refractivity contribution in [2.24, 2.45) is 0 Å². The standard InChI is InChI=1S/C16H19FN2O3/c1-10(2)22-8-4-7-18-16(21)13-9-14(20)11-5-3-6-12(17)15(11)19-13/h3,5-6,9-10H,4,7-8H2,1-2H3,(H,18,21)(H,19,20). The summed E-state index contributed by atoms with van der Waals surface area (Å²) in [6.07, 6.45) is 0.811. The zero-order valence-electron chi connectivity index (χ0n) is 12.6. The first-order chi connectivity index (χ1) is 10.5. The number of benzene rings is 1. The highest BCUT2D eigenvalue weighted by Crippen LogP contribution is 2.12. The Hall–Kier alpha value is -2.21. The lowest BCUT2D eigenvalue weighted by Crippen LogP contribution is -2.27. The zero-order chi connectivity index (χ0) is 16.1. The van der Waals surface area contributed by atoms with Gasteiger partial charge in [-0.25, -0.2) is 4.39 Å². The number of nitrogens with one attached hydrogen (secondary N) is 2. The van der Waals surface area contributed by atoms with Crippen LogP contribution in [0.4, 0.5) is 4.39 Å². The molecular formula is C16H19FN2O3. The van der Waals surface area contributed by atoms with Crippen LogP contribution in [0.2, 0.25) is 0 Å². The molecule has 118 valence electrons. The minimum Gasteiger partial charge on any atom is -0.379 e. The van der Waals surface area contributed by atoms with Gasteiger partial charge < -0.3 is 15.0 Å². The number of hydrogen-bond acceptors (Lipinski definition) is 3. The number of aromatic nitrogens is 1. The molecule has 0 aliphatic carbocycles. The summed E-state index contributed by atoms with van der Waals surface area (Å²) in [5.74, 6) is -0.999. The Morgan fingerprint density at radius 1 is 1.41 bits per heavy atom. The number of pyridine rings is 1. The number of carbonyl (C=O) groups excluding carboxylic acids is 1. The minimum atomic E-state index is -0.561. The highest BCUT2D eigenvalue weighted by atomic mass is 19.1. The number of carbonyl (C=O) groups is 1. The first-order valence-electron chi connectivity index (χ1n) is 7.20. The second kappa shape index (κ2) is 7.17. The van der Waals surface area contributed by atoms with E-state index in [4.69, 9.17) is 4.74 Å². The van der Waals surface area contributed by atoms with Crippen LogP contribution in [0.3, 0.4) is 0 Å². The fourth-order valence-corrected chi connectivity index (χ4v) is 2.05. The molecular weight excluding hydrogens is 287 g/mol. The van der Waals surface area contributed by atoms with Gasteiger partial charge in [0.2, 0.25) is 0 Å². The molecule has 2 rings (SSSR count). The third-order valence-electron chi connectivity index (χ3n) is 3.12. The quantitative estimate of drug-likeness (QED) is 0.804. The molecule has 0 spiro atoms. The van der Waals surface area contributed by atoms with Gasteiger partial charge in [0.25, 0.3) is 5.91 Å². The fraction of sp³-hybridized carbons (Fsp3) is 0.375. The van der Waals surface area contributed by atoms with Crippen molar-refractivity contribution in [3.8, 4) is 0 Å². The Morgan fingerprint density at radius 3 is 2.91 bits per heavy atom. The molecule has 1 aromatic carbocycles. The minimum absolute atomic E-state index is 0.0447. The molecule has 0 atom stereocenters. The van der Waals surface area contributed by atoms with Crippen LogP contribution in [0.5, 0.6) is 0 Å². The molecule has 0 aliphatic heterocycles. The van der Waals surface area contributed by atoms with Crippen LogP contribution < -0.4 is 10.7 Å². The van der Waals surface area contributed by atoms with Crippen LogP contribution in [-0.2, 0) is 4.74 Å². The number of H-pyrrole nitrogens is 1. The highest BCUT2D eigenvalue weighted by molar-refractivity contribution is 5.94. The number of rotatable bonds is 6. The van der Waals surface area contributed by atoms with Gasteiger partial charge in [0.1, 0.15) is 11.5 Å². The number of halogens is 1. The molecule has 22 heavy (non-hydrogen) atoms. The van der Waals surface area contributed by atoms with Gasteiger partial charge in [-0.3, -0.25) is 9.59 Å². The summed E-state index contributed by atoms with van der Waals surface area (Å²) >= 11 is 0. The van der Waals surface area contributed by atoms with Crippen LogP contribution in [0.25, 0.3) is 10.9 Å². The Labute approximate surface area is 127 Å². The lowest BCUT2D eigenvalue weighted by molar-refractivity contribution is 0.0756. The molecule has 2 aromatic rings. The van der Waals surface area contributed by atoms with Crippen LogP contribution in [0, 0.1) is 5.82 Å². The Morgan fingerprint density at radius 2 is 2.18 bits per heavy atom. The van der Waals surface area contributed by atoms with E-state index in [1.54, 1.807) is 0 Å². The lowest BCUT2D eigenvalue weighted by Gasteiger charge is -2.09. The molecule has 6 heteroatoms. The van der Waals surface area contributed by atoms with Crippen molar-refractivity contribution in [2.45, 2.75) is 26.4 Å². The Bertz CT molecular complexity index is 725. The van der Waals surface area contributed by atoms with Gasteiger partial charge in [0, 0.05) is 24.6 Å². The average molecular weight is 306 g/mol. The number of aromatic amines is 1. The van der Waals surface area contributed by atoms with Crippen LogP contribution >= 0.6 is 0 Å². The van der Waals surface area contributed by atoms with Gasteiger partial charge in [-0.1, -0.05) is 6.07 Å². The van der Waals surface area contributed by atoms with Crippen molar-refractivity contribution in [2.75, 3.05) is 13.2 Å². The molecule has 1 aromatic heterocycles. The third-order valence-corrected chi connectivity index (χ3v) is 3.12. The van der Waals surface area contributed by atoms with Crippen LogP contribution in [-0.4, -0.2) is 30.1 Å². The van der Waals surface area contributed by atoms with E-state index in [1.165, 1.54) is 24.3 Å². The predicted molar refractivity (Wildman–Crippen MR) is 82.6 cm³/mol. The summed E-state index contributed by atoms with van der Waals surface area (Å²) in [5.41, 5.74) is -0.294. The van der Waals surface area contributed by atoms with Crippen LogP contribution in [0.15, 0.2) is 29.1 Å². The monoisotopic (exact) mass is 306 g/mol. The largest absolute Gasteiger partial charge is 0.379 e. The van der Waals surface area contributed by atoms with Crippen molar-refractivity contribution in [1.29, 1.82) is 0 Å². The summed E-state index contributed by atoms with van der Waals surface area (Å²) in [7, 11) is 0. The first-order valence-corrected chi connectivity index (χ1v) is 7.20. The van der Waals surface area contributed by atoms with E-state index >= 15 is 0 Å². The van der Waals surface area contributed by atoms with Gasteiger partial charge in [-0.15, -0.1) is 0 Å². The molecule has 2 N–H and O–H groups in total. The number of hydrogen-bond donors (Lipinski definition) is 2. The Balaban J connectivity index is 2.06. The molecule has 0 fully saturated rings. The number of fused-ring (bicyclic) bond motifs is 1. The molecule has 0 unspecified atom stereocenters. The van der Waals surface area contributed by atoms with E-state index in [0.717, 1.165) is 0 Å². The second-order valence-corrected chi connectivity index (χ2v) is 5.24. The second-order valence-electron chi connectivity index (χ2n) is 5.24. The zero-order valence-corrected chi connectivity index (χ0v) is 12.6. The van der Waals surface area contributed by atoms with E-state index in [1.807, 2.05) is 13.8 Å². The normalized spacial score (nSPS) is 11.1. The summed E-state index contributed by atoms with van der Waals surface area (Å²) < 4.78 is 19.1. The van der Waals surface area contributed by atoms with Crippen LogP contribution in [0.1, 0.15) is 30.8 Å². The molecule has 0 bridgehead atoms. The average Bonchev–Trinajstić information content (AvgIpc) is 2.47. The van der Waals surface area contributed by atoms with Gasteiger partial charge in [-0.05, 0) is 32.4 Å². The van der Waals surface area contributed by atoms with E-state index in [0.29, 0.717) is 19.6 Å². The van der Waals surface area contributed by atoms with E-state index in [2.05, 4.69) is 10.3 Å². The van der Waals surface area contributed by atoms with E-state index in [-0.39, 0.29) is 28.1 Å². The molecule has 1 heterocycles. The highest BCUT2D eigenvalue weighted by Gasteiger charge is 2.11. The molecule has 5 nitrogen and oxygen atoms in total. The summed E-state index contributed by atoms with van der Waals surface area (Å²) in [6.45, 7) is 4.84. The maximum Gasteiger partial charge on any atom is 0.267 e. The van der Waals surface area contributed by atoms with Crippen molar-refractivity contribution in [3.05, 3.63) is 46.0 Å². The van der Waals surface area contributed by atoms with Crippen molar-refractivity contribution >= 4 is 16.8 Å². The molecule has 0 saturated heterocycles. The predicted octanol–water partition coefficient (Wildman–Crippen LogP) is 2.21. The number of amides is 1. The number of ether oxygens (including phenoxy) is 1. The summed E-state index contributed by atoms with van der Waals surface area (Å²) in [4.78, 5) is 26.6. The van der Waals surface area contributed by atoms with Gasteiger partial charge in [0.05, 0.1) is 11.6 Å². The molecule has 1 amide bonds.